The van der Waals surface area contributed by atoms with Gasteiger partial charge in [0.2, 0.25) is 0 Å². The monoisotopic (exact) mass is 293 g/mol. The van der Waals surface area contributed by atoms with Crippen molar-refractivity contribution in [3.8, 4) is 12.3 Å². The molecule has 0 saturated carbocycles. The van der Waals surface area contributed by atoms with E-state index in [-0.39, 0.29) is 12.1 Å². The minimum Gasteiger partial charge on any atom is -0.444 e. The number of hydrogen-bond donors (Lipinski definition) is 0. The Bertz CT molecular complexity index is 426. The molecule has 1 heterocycles. The molecular formula is C17H27NO3. The second kappa shape index (κ2) is 7.00. The number of rotatable bonds is 4. The summed E-state index contributed by atoms with van der Waals surface area (Å²) in [5, 5.41) is 0. The Balaban J connectivity index is 2.71. The van der Waals surface area contributed by atoms with Gasteiger partial charge in [-0.1, -0.05) is 12.2 Å². The van der Waals surface area contributed by atoms with Crippen molar-refractivity contribution >= 4 is 6.09 Å². The minimum absolute atomic E-state index is 0.0966. The van der Waals surface area contributed by atoms with Gasteiger partial charge in [-0.3, -0.25) is 4.90 Å². The average Bonchev–Trinajstić information content (AvgIpc) is 2.62. The van der Waals surface area contributed by atoms with Gasteiger partial charge in [0.05, 0.1) is 12.6 Å². The van der Waals surface area contributed by atoms with Gasteiger partial charge in [-0.25, -0.2) is 4.79 Å². The van der Waals surface area contributed by atoms with E-state index in [4.69, 9.17) is 15.9 Å². The molecule has 1 fully saturated rings. The smallest absolute Gasteiger partial charge is 0.413 e. The van der Waals surface area contributed by atoms with E-state index in [2.05, 4.69) is 12.0 Å². The summed E-state index contributed by atoms with van der Waals surface area (Å²) in [6, 6.07) is -0.0966. The van der Waals surface area contributed by atoms with Gasteiger partial charge in [0.1, 0.15) is 11.3 Å². The van der Waals surface area contributed by atoms with Crippen molar-refractivity contribution in [1.29, 1.82) is 0 Å². The molecule has 1 rings (SSSR count). The number of ether oxygens (including phenoxy) is 2. The highest BCUT2D eigenvalue weighted by molar-refractivity contribution is 5.70. The Labute approximate surface area is 128 Å². The average molecular weight is 293 g/mol. The molecule has 0 aromatic carbocycles. The molecule has 0 aliphatic carbocycles. The van der Waals surface area contributed by atoms with E-state index >= 15 is 0 Å². The molecular weight excluding hydrogens is 266 g/mol. The zero-order valence-corrected chi connectivity index (χ0v) is 13.8. The van der Waals surface area contributed by atoms with Crippen LogP contribution < -0.4 is 0 Å². The molecule has 4 heteroatoms. The Morgan fingerprint density at radius 3 is 2.76 bits per heavy atom. The van der Waals surface area contributed by atoms with Gasteiger partial charge in [-0.2, -0.15) is 0 Å². The lowest BCUT2D eigenvalue weighted by molar-refractivity contribution is -0.0610. The van der Waals surface area contributed by atoms with E-state index in [1.165, 1.54) is 0 Å². The molecule has 0 unspecified atom stereocenters. The second-order valence-electron chi connectivity index (χ2n) is 6.70. The Kier molecular flexibility index (Phi) is 5.86. The molecule has 0 N–H and O–H groups in total. The largest absolute Gasteiger partial charge is 0.444 e. The Morgan fingerprint density at radius 2 is 2.19 bits per heavy atom. The first-order chi connectivity index (χ1) is 9.67. The maximum Gasteiger partial charge on any atom is 0.413 e. The normalized spacial score (nSPS) is 21.5. The maximum atomic E-state index is 12.4. The molecule has 4 nitrogen and oxygen atoms in total. The molecule has 118 valence electrons. The van der Waals surface area contributed by atoms with Gasteiger partial charge in [0.15, 0.2) is 0 Å². The fourth-order valence-electron chi connectivity index (χ4n) is 2.22. The molecule has 1 aliphatic heterocycles. The highest BCUT2D eigenvalue weighted by Crippen LogP contribution is 2.30. The van der Waals surface area contributed by atoms with Crippen LogP contribution in [0, 0.1) is 12.3 Å². The molecule has 21 heavy (non-hydrogen) atoms. The fraction of sp³-hybridized carbons (Fsp3) is 0.706. The topological polar surface area (TPSA) is 38.8 Å². The summed E-state index contributed by atoms with van der Waals surface area (Å²) in [5.41, 5.74) is -1.17. The highest BCUT2D eigenvalue weighted by Gasteiger charge is 2.44. The first-order valence-corrected chi connectivity index (χ1v) is 7.44. The van der Waals surface area contributed by atoms with Crippen LogP contribution in [-0.4, -0.2) is 35.0 Å². The number of hydrogen-bond acceptors (Lipinski definition) is 3. The zero-order chi connectivity index (χ0) is 16.1. The summed E-state index contributed by atoms with van der Waals surface area (Å²) in [6.07, 6.45) is 11.6. The van der Waals surface area contributed by atoms with Crippen LogP contribution in [0.2, 0.25) is 0 Å². The summed E-state index contributed by atoms with van der Waals surface area (Å²) < 4.78 is 11.2. The van der Waals surface area contributed by atoms with Crippen molar-refractivity contribution in [1.82, 2.24) is 4.90 Å². The number of nitrogens with zero attached hydrogens (tertiary/aromatic N) is 1. The predicted octanol–water partition coefficient (Wildman–Crippen LogP) is 3.72. The lowest BCUT2D eigenvalue weighted by atomic mass is 10.1. The van der Waals surface area contributed by atoms with Crippen LogP contribution in [0.15, 0.2) is 12.2 Å². The summed E-state index contributed by atoms with van der Waals surface area (Å²) in [4.78, 5) is 14.0. The Hall–Kier alpha value is -1.47. The summed E-state index contributed by atoms with van der Waals surface area (Å²) in [7, 11) is 0. The quantitative estimate of drug-likeness (QED) is 0.450. The van der Waals surface area contributed by atoms with E-state index in [1.54, 1.807) is 4.90 Å². The molecule has 1 aliphatic rings. The van der Waals surface area contributed by atoms with E-state index in [0.29, 0.717) is 6.61 Å². The lowest BCUT2D eigenvalue weighted by Crippen LogP contribution is -2.49. The lowest BCUT2D eigenvalue weighted by Gasteiger charge is -2.34. The zero-order valence-electron chi connectivity index (χ0n) is 13.8. The van der Waals surface area contributed by atoms with Gasteiger partial charge in [-0.05, 0) is 47.5 Å². The number of unbranched alkanes of at least 4 members (excludes halogenated alkanes) is 2. The third-order valence-electron chi connectivity index (χ3n) is 3.16. The molecule has 0 radical (unpaired) electrons. The van der Waals surface area contributed by atoms with Crippen LogP contribution in [0.4, 0.5) is 4.79 Å². The number of amides is 1. The SMILES string of the molecule is C#CCCCC=C[C@@H]1COC(C)(C)N1C(=O)OC(C)(C)C. The van der Waals surface area contributed by atoms with Crippen molar-refractivity contribution in [3.05, 3.63) is 12.2 Å². The number of terminal acetylenes is 1. The summed E-state index contributed by atoms with van der Waals surface area (Å²) in [5.74, 6) is 2.62. The molecule has 0 spiro atoms. The molecule has 1 amide bonds. The van der Waals surface area contributed by atoms with Crippen molar-refractivity contribution in [2.75, 3.05) is 6.61 Å². The van der Waals surface area contributed by atoms with E-state index in [0.717, 1.165) is 19.3 Å². The molecule has 1 saturated heterocycles. The van der Waals surface area contributed by atoms with Crippen molar-refractivity contribution in [3.63, 3.8) is 0 Å². The van der Waals surface area contributed by atoms with Gasteiger partial charge in [-0.15, -0.1) is 12.3 Å². The van der Waals surface area contributed by atoms with Crippen LogP contribution >= 0.6 is 0 Å². The van der Waals surface area contributed by atoms with E-state index in [9.17, 15) is 4.79 Å². The van der Waals surface area contributed by atoms with Crippen LogP contribution in [0.3, 0.4) is 0 Å². The van der Waals surface area contributed by atoms with E-state index < -0.39 is 11.3 Å². The van der Waals surface area contributed by atoms with Gasteiger partial charge in [0.25, 0.3) is 0 Å². The van der Waals surface area contributed by atoms with Crippen LogP contribution in [0.25, 0.3) is 0 Å². The second-order valence-corrected chi connectivity index (χ2v) is 6.70. The Morgan fingerprint density at radius 1 is 1.52 bits per heavy atom. The third kappa shape index (κ3) is 5.43. The van der Waals surface area contributed by atoms with Crippen molar-refractivity contribution in [2.45, 2.75) is 71.2 Å². The molecule has 0 aromatic rings. The number of carbonyl (C=O) groups excluding carboxylic acids is 1. The van der Waals surface area contributed by atoms with Crippen LogP contribution in [-0.2, 0) is 9.47 Å². The van der Waals surface area contributed by atoms with Gasteiger partial charge >= 0.3 is 6.09 Å². The molecule has 0 bridgehead atoms. The van der Waals surface area contributed by atoms with Crippen LogP contribution in [0.1, 0.15) is 53.9 Å². The molecule has 0 aromatic heterocycles. The van der Waals surface area contributed by atoms with Crippen molar-refractivity contribution in [2.24, 2.45) is 0 Å². The summed E-state index contributed by atoms with van der Waals surface area (Å²) >= 11 is 0. The standard InChI is InChI=1S/C17H27NO3/c1-7-8-9-10-11-12-14-13-20-17(5,6)18(14)15(19)21-16(2,3)4/h1,11-12,14H,8-10,13H2,2-6H3/t14-/m1/s1. The van der Waals surface area contributed by atoms with Crippen molar-refractivity contribution < 1.29 is 14.3 Å². The third-order valence-corrected chi connectivity index (χ3v) is 3.16. The summed E-state index contributed by atoms with van der Waals surface area (Å²) in [6.45, 7) is 9.82. The maximum absolute atomic E-state index is 12.4. The highest BCUT2D eigenvalue weighted by atomic mass is 16.6. The van der Waals surface area contributed by atoms with Gasteiger partial charge in [0, 0.05) is 6.42 Å². The first-order valence-electron chi connectivity index (χ1n) is 7.44. The fourth-order valence-corrected chi connectivity index (χ4v) is 2.22. The minimum atomic E-state index is -0.657. The van der Waals surface area contributed by atoms with E-state index in [1.807, 2.05) is 40.7 Å². The van der Waals surface area contributed by atoms with Crippen LogP contribution in [0.5, 0.6) is 0 Å². The molecule has 1 atom stereocenters. The van der Waals surface area contributed by atoms with Gasteiger partial charge < -0.3 is 9.47 Å². The number of carbonyl (C=O) groups is 1. The first kappa shape index (κ1) is 17.6. The predicted molar refractivity (Wildman–Crippen MR) is 83.7 cm³/mol. The number of allylic oxidation sites excluding steroid dienone is 1.